The molecule has 0 bridgehead atoms. The first kappa shape index (κ1) is 14.7. The number of carboxylic acid groups (broad SMARTS) is 1. The molecule has 0 aliphatic rings. The van der Waals surface area contributed by atoms with Crippen LogP contribution in [-0.4, -0.2) is 27.7 Å². The lowest BCUT2D eigenvalue weighted by atomic mass is 10.1. The van der Waals surface area contributed by atoms with Gasteiger partial charge in [0.25, 0.3) is 5.56 Å². The second kappa shape index (κ2) is 5.74. The van der Waals surface area contributed by atoms with Gasteiger partial charge in [-0.3, -0.25) is 9.59 Å². The van der Waals surface area contributed by atoms with E-state index in [0.29, 0.717) is 0 Å². The van der Waals surface area contributed by atoms with E-state index in [9.17, 15) is 19.5 Å². The summed E-state index contributed by atoms with van der Waals surface area (Å²) >= 11 is 0. The van der Waals surface area contributed by atoms with Gasteiger partial charge in [0.15, 0.2) is 0 Å². The summed E-state index contributed by atoms with van der Waals surface area (Å²) < 4.78 is 0.838. The lowest BCUT2D eigenvalue weighted by Crippen LogP contribution is -2.38. The van der Waals surface area contributed by atoms with Crippen molar-refractivity contribution < 1.29 is 14.7 Å². The molecule has 1 N–H and O–H groups in total. The SMILES string of the molecule is CC(C)NC(=O)Cn1nc(C(=O)[O-])c2ccccc2c1=O. The van der Waals surface area contributed by atoms with E-state index in [4.69, 9.17) is 0 Å². The average molecular weight is 288 g/mol. The van der Waals surface area contributed by atoms with Crippen LogP contribution >= 0.6 is 0 Å². The largest absolute Gasteiger partial charge is 0.543 e. The molecule has 1 heterocycles. The van der Waals surface area contributed by atoms with Crippen LogP contribution in [0.3, 0.4) is 0 Å². The zero-order chi connectivity index (χ0) is 15.6. The van der Waals surface area contributed by atoms with Crippen molar-refractivity contribution in [3.63, 3.8) is 0 Å². The van der Waals surface area contributed by atoms with Crippen LogP contribution in [0, 0.1) is 0 Å². The molecule has 1 aromatic carbocycles. The second-order valence-corrected chi connectivity index (χ2v) is 4.87. The maximum Gasteiger partial charge on any atom is 0.275 e. The third-order valence-electron chi connectivity index (χ3n) is 2.80. The molecule has 0 saturated heterocycles. The van der Waals surface area contributed by atoms with E-state index in [-0.39, 0.29) is 29.1 Å². The molecule has 0 radical (unpaired) electrons. The number of nitrogens with one attached hydrogen (secondary N) is 1. The van der Waals surface area contributed by atoms with Gasteiger partial charge < -0.3 is 15.2 Å². The number of amides is 1. The number of carboxylic acids is 1. The summed E-state index contributed by atoms with van der Waals surface area (Å²) in [6, 6.07) is 6.09. The lowest BCUT2D eigenvalue weighted by molar-refractivity contribution is -0.255. The monoisotopic (exact) mass is 288 g/mol. The number of fused-ring (bicyclic) bond motifs is 1. The van der Waals surface area contributed by atoms with Gasteiger partial charge in [-0.05, 0) is 19.9 Å². The van der Waals surface area contributed by atoms with E-state index in [1.165, 1.54) is 12.1 Å². The van der Waals surface area contributed by atoms with Gasteiger partial charge in [0.05, 0.1) is 11.4 Å². The standard InChI is InChI=1S/C14H15N3O4/c1-8(2)15-11(18)7-17-13(19)10-6-4-3-5-9(10)12(16-17)14(20)21/h3-6,8H,7H2,1-2H3,(H,15,18)(H,20,21)/p-1. The van der Waals surface area contributed by atoms with Gasteiger partial charge in [0, 0.05) is 11.4 Å². The number of carbonyl (C=O) groups excluding carboxylic acids is 2. The highest BCUT2D eigenvalue weighted by Crippen LogP contribution is 2.12. The molecule has 2 rings (SSSR count). The van der Waals surface area contributed by atoms with Crippen LogP contribution in [0.2, 0.25) is 0 Å². The van der Waals surface area contributed by atoms with Crippen molar-refractivity contribution in [1.82, 2.24) is 15.1 Å². The van der Waals surface area contributed by atoms with E-state index >= 15 is 0 Å². The zero-order valence-corrected chi connectivity index (χ0v) is 11.6. The van der Waals surface area contributed by atoms with Crippen molar-refractivity contribution in [2.75, 3.05) is 0 Å². The van der Waals surface area contributed by atoms with Crippen LogP contribution in [0.5, 0.6) is 0 Å². The summed E-state index contributed by atoms with van der Waals surface area (Å²) in [7, 11) is 0. The Morgan fingerprint density at radius 3 is 2.48 bits per heavy atom. The molecular weight excluding hydrogens is 274 g/mol. The molecule has 0 spiro atoms. The summed E-state index contributed by atoms with van der Waals surface area (Å²) in [5.74, 6) is -1.91. The Kier molecular flexibility index (Phi) is 4.02. The Morgan fingerprint density at radius 1 is 1.29 bits per heavy atom. The third-order valence-corrected chi connectivity index (χ3v) is 2.80. The van der Waals surface area contributed by atoms with Crippen LogP contribution in [0.1, 0.15) is 24.3 Å². The van der Waals surface area contributed by atoms with Crippen molar-refractivity contribution in [3.8, 4) is 0 Å². The van der Waals surface area contributed by atoms with E-state index in [2.05, 4.69) is 10.4 Å². The molecule has 0 atom stereocenters. The highest BCUT2D eigenvalue weighted by Gasteiger charge is 2.13. The summed E-state index contributed by atoms with van der Waals surface area (Å²) in [6.07, 6.45) is 0. The maximum absolute atomic E-state index is 12.2. The highest BCUT2D eigenvalue weighted by atomic mass is 16.4. The quantitative estimate of drug-likeness (QED) is 0.800. The minimum Gasteiger partial charge on any atom is -0.543 e. The van der Waals surface area contributed by atoms with Crippen molar-refractivity contribution in [2.24, 2.45) is 0 Å². The van der Waals surface area contributed by atoms with Gasteiger partial charge in [0.2, 0.25) is 5.91 Å². The average Bonchev–Trinajstić information content (AvgIpc) is 2.40. The van der Waals surface area contributed by atoms with Gasteiger partial charge in [-0.2, -0.15) is 5.10 Å². The van der Waals surface area contributed by atoms with E-state index in [1.54, 1.807) is 26.0 Å². The van der Waals surface area contributed by atoms with Gasteiger partial charge in [-0.1, -0.05) is 18.2 Å². The second-order valence-electron chi connectivity index (χ2n) is 4.87. The molecular formula is C14H14N3O4-. The van der Waals surface area contributed by atoms with Gasteiger partial charge in [-0.15, -0.1) is 0 Å². The van der Waals surface area contributed by atoms with Crippen LogP contribution in [0.4, 0.5) is 0 Å². The van der Waals surface area contributed by atoms with Gasteiger partial charge in [0.1, 0.15) is 12.2 Å². The minimum absolute atomic E-state index is 0.0886. The van der Waals surface area contributed by atoms with Crippen molar-refractivity contribution in [3.05, 3.63) is 40.3 Å². The summed E-state index contributed by atoms with van der Waals surface area (Å²) in [4.78, 5) is 35.1. The third kappa shape index (κ3) is 3.07. The molecule has 110 valence electrons. The molecule has 0 aliphatic heterocycles. The predicted octanol–water partition coefficient (Wildman–Crippen LogP) is -0.715. The molecule has 2 aromatic rings. The van der Waals surface area contributed by atoms with E-state index < -0.39 is 17.4 Å². The van der Waals surface area contributed by atoms with Crippen LogP contribution in [-0.2, 0) is 11.3 Å². The van der Waals surface area contributed by atoms with Crippen LogP contribution in [0.15, 0.2) is 29.1 Å². The number of aromatic nitrogens is 2. The summed E-state index contributed by atoms with van der Waals surface area (Å²) in [5.41, 5.74) is -0.878. The summed E-state index contributed by atoms with van der Waals surface area (Å²) in [6.45, 7) is 3.21. The van der Waals surface area contributed by atoms with Gasteiger partial charge >= 0.3 is 0 Å². The predicted molar refractivity (Wildman–Crippen MR) is 73.6 cm³/mol. The fourth-order valence-corrected chi connectivity index (χ4v) is 2.00. The Labute approximate surface area is 120 Å². The maximum atomic E-state index is 12.2. The highest BCUT2D eigenvalue weighted by molar-refractivity contribution is 6.00. The molecule has 1 aromatic heterocycles. The number of nitrogens with zero attached hydrogens (tertiary/aromatic N) is 2. The Hall–Kier alpha value is -2.70. The Bertz CT molecular complexity index is 764. The molecule has 1 amide bonds. The van der Waals surface area contributed by atoms with E-state index in [1.807, 2.05) is 0 Å². The smallest absolute Gasteiger partial charge is 0.275 e. The Morgan fingerprint density at radius 2 is 1.90 bits per heavy atom. The summed E-state index contributed by atoms with van der Waals surface area (Å²) in [5, 5.41) is 17.9. The molecule has 0 aliphatic carbocycles. The Balaban J connectivity index is 2.55. The van der Waals surface area contributed by atoms with Crippen molar-refractivity contribution >= 4 is 22.6 Å². The van der Waals surface area contributed by atoms with Gasteiger partial charge in [-0.25, -0.2) is 4.68 Å². The molecule has 0 saturated carbocycles. The zero-order valence-electron chi connectivity index (χ0n) is 11.6. The van der Waals surface area contributed by atoms with E-state index in [0.717, 1.165) is 4.68 Å². The number of aromatic carboxylic acids is 1. The molecule has 0 fully saturated rings. The number of hydrogen-bond acceptors (Lipinski definition) is 5. The fraction of sp³-hybridized carbons (Fsp3) is 0.286. The number of benzene rings is 1. The first-order valence-corrected chi connectivity index (χ1v) is 6.40. The number of hydrogen-bond donors (Lipinski definition) is 1. The fourth-order valence-electron chi connectivity index (χ4n) is 2.00. The minimum atomic E-state index is -1.50. The van der Waals surface area contributed by atoms with Crippen LogP contribution in [0.25, 0.3) is 10.8 Å². The lowest BCUT2D eigenvalue weighted by Gasteiger charge is -2.12. The molecule has 0 unspecified atom stereocenters. The topological polar surface area (TPSA) is 104 Å². The van der Waals surface area contributed by atoms with Crippen LogP contribution < -0.4 is 16.0 Å². The molecule has 21 heavy (non-hydrogen) atoms. The first-order chi connectivity index (χ1) is 9.90. The normalized spacial score (nSPS) is 10.8. The molecule has 7 heteroatoms. The first-order valence-electron chi connectivity index (χ1n) is 6.40. The van der Waals surface area contributed by atoms with Crippen molar-refractivity contribution in [2.45, 2.75) is 26.4 Å². The number of rotatable bonds is 4. The molecule has 7 nitrogen and oxygen atoms in total. The number of carbonyl (C=O) groups is 2. The van der Waals surface area contributed by atoms with Crippen molar-refractivity contribution in [1.29, 1.82) is 0 Å².